The third kappa shape index (κ3) is 3.92. The van der Waals surface area contributed by atoms with Gasteiger partial charge >= 0.3 is 0 Å². The minimum absolute atomic E-state index is 0.351. The zero-order valence-electron chi connectivity index (χ0n) is 10.6. The molecule has 0 amide bonds. The van der Waals surface area contributed by atoms with Gasteiger partial charge in [0.1, 0.15) is 5.01 Å². The van der Waals surface area contributed by atoms with Crippen molar-refractivity contribution >= 4 is 16.5 Å². The Kier molecular flexibility index (Phi) is 4.34. The van der Waals surface area contributed by atoms with Crippen LogP contribution in [0.4, 0.5) is 5.13 Å². The lowest BCUT2D eigenvalue weighted by molar-refractivity contribution is 0.409. The number of nitrogens with zero attached hydrogens (tertiary/aromatic N) is 2. The number of anilines is 1. The highest BCUT2D eigenvalue weighted by molar-refractivity contribution is 7.15. The molecule has 17 heavy (non-hydrogen) atoms. The predicted molar refractivity (Wildman–Crippen MR) is 72.3 cm³/mol. The first-order valence-corrected chi connectivity index (χ1v) is 7.29. The Balaban J connectivity index is 1.87. The van der Waals surface area contributed by atoms with E-state index in [1.165, 1.54) is 12.8 Å². The summed E-state index contributed by atoms with van der Waals surface area (Å²) in [4.78, 5) is 0. The van der Waals surface area contributed by atoms with E-state index in [0.717, 1.165) is 29.4 Å². The quantitative estimate of drug-likeness (QED) is 0.866. The van der Waals surface area contributed by atoms with Crippen molar-refractivity contribution in [2.75, 3.05) is 5.32 Å². The van der Waals surface area contributed by atoms with Crippen molar-refractivity contribution in [3.63, 3.8) is 0 Å². The lowest BCUT2D eigenvalue weighted by atomic mass is 9.92. The summed E-state index contributed by atoms with van der Waals surface area (Å²) in [6.07, 6.45) is 5.65. The monoisotopic (exact) mass is 254 g/mol. The molecule has 1 aliphatic rings. The van der Waals surface area contributed by atoms with E-state index in [1.54, 1.807) is 11.3 Å². The molecule has 0 radical (unpaired) electrons. The molecule has 1 aromatic rings. The molecule has 2 unspecified atom stereocenters. The van der Waals surface area contributed by atoms with Gasteiger partial charge in [0.25, 0.3) is 0 Å². The second-order valence-corrected chi connectivity index (χ2v) is 6.43. The highest BCUT2D eigenvalue weighted by atomic mass is 32.1. The van der Waals surface area contributed by atoms with Crippen LogP contribution < -0.4 is 11.1 Å². The first kappa shape index (κ1) is 12.8. The van der Waals surface area contributed by atoms with Gasteiger partial charge in [0.05, 0.1) is 0 Å². The molecule has 5 heteroatoms. The van der Waals surface area contributed by atoms with Crippen LogP contribution in [0.3, 0.4) is 0 Å². The third-order valence-corrected chi connectivity index (χ3v) is 3.97. The average Bonchev–Trinajstić information content (AvgIpc) is 2.64. The number of nitrogens with one attached hydrogen (secondary N) is 1. The van der Waals surface area contributed by atoms with E-state index in [-0.39, 0.29) is 0 Å². The fourth-order valence-electron chi connectivity index (χ4n) is 2.28. The topological polar surface area (TPSA) is 63.8 Å². The molecule has 3 N–H and O–H groups in total. The zero-order valence-corrected chi connectivity index (χ0v) is 11.5. The van der Waals surface area contributed by atoms with Crippen molar-refractivity contribution < 1.29 is 0 Å². The molecule has 96 valence electrons. The molecule has 2 rings (SSSR count). The lowest BCUT2D eigenvalue weighted by Crippen LogP contribution is -2.34. The molecule has 1 heterocycles. The first-order chi connectivity index (χ1) is 8.13. The normalized spacial score (nSPS) is 25.2. The van der Waals surface area contributed by atoms with Gasteiger partial charge < -0.3 is 11.1 Å². The molecular weight excluding hydrogens is 232 g/mol. The van der Waals surface area contributed by atoms with Crippen LogP contribution in [-0.4, -0.2) is 22.3 Å². The molecule has 0 aliphatic heterocycles. The number of rotatable bonds is 4. The molecule has 1 aliphatic carbocycles. The van der Waals surface area contributed by atoms with Gasteiger partial charge in [-0.1, -0.05) is 25.2 Å². The second-order valence-electron chi connectivity index (χ2n) is 5.37. The smallest absolute Gasteiger partial charge is 0.205 e. The summed E-state index contributed by atoms with van der Waals surface area (Å²) in [6, 6.07) is 0.836. The third-order valence-electron chi connectivity index (χ3n) is 3.09. The van der Waals surface area contributed by atoms with Crippen molar-refractivity contribution in [1.29, 1.82) is 0 Å². The molecule has 2 atom stereocenters. The SMILES string of the molecule is CC(C)Cc1nnc(NC2CCCC(N)C2)s1. The average molecular weight is 254 g/mol. The van der Waals surface area contributed by atoms with Gasteiger partial charge in [0.2, 0.25) is 5.13 Å². The van der Waals surface area contributed by atoms with Crippen LogP contribution in [0, 0.1) is 5.92 Å². The molecule has 0 bridgehead atoms. The van der Waals surface area contributed by atoms with E-state index in [9.17, 15) is 0 Å². The summed E-state index contributed by atoms with van der Waals surface area (Å²) in [7, 11) is 0. The molecule has 1 fully saturated rings. The Hall–Kier alpha value is -0.680. The number of nitrogens with two attached hydrogens (primary N) is 1. The van der Waals surface area contributed by atoms with Crippen molar-refractivity contribution in [3.05, 3.63) is 5.01 Å². The Morgan fingerprint density at radius 3 is 2.94 bits per heavy atom. The Labute approximate surface area is 107 Å². The van der Waals surface area contributed by atoms with E-state index < -0.39 is 0 Å². The fraction of sp³-hybridized carbons (Fsp3) is 0.833. The predicted octanol–water partition coefficient (Wildman–Crippen LogP) is 2.42. The van der Waals surface area contributed by atoms with E-state index in [2.05, 4.69) is 29.4 Å². The maximum absolute atomic E-state index is 5.98. The summed E-state index contributed by atoms with van der Waals surface area (Å²) < 4.78 is 0. The largest absolute Gasteiger partial charge is 0.357 e. The van der Waals surface area contributed by atoms with Crippen LogP contribution in [0.2, 0.25) is 0 Å². The minimum Gasteiger partial charge on any atom is -0.357 e. The Bertz CT molecular complexity index is 350. The van der Waals surface area contributed by atoms with E-state index in [4.69, 9.17) is 5.73 Å². The molecule has 4 nitrogen and oxygen atoms in total. The van der Waals surface area contributed by atoms with Crippen LogP contribution in [0.15, 0.2) is 0 Å². The standard InChI is InChI=1S/C12H22N4S/c1-8(2)6-11-15-16-12(17-11)14-10-5-3-4-9(13)7-10/h8-10H,3-7,13H2,1-2H3,(H,14,16). The highest BCUT2D eigenvalue weighted by Crippen LogP contribution is 2.24. The first-order valence-electron chi connectivity index (χ1n) is 6.48. The maximum Gasteiger partial charge on any atom is 0.205 e. The van der Waals surface area contributed by atoms with Gasteiger partial charge in [0, 0.05) is 18.5 Å². The summed E-state index contributed by atoms with van der Waals surface area (Å²) >= 11 is 1.68. The number of aromatic nitrogens is 2. The Morgan fingerprint density at radius 1 is 1.41 bits per heavy atom. The highest BCUT2D eigenvalue weighted by Gasteiger charge is 2.20. The van der Waals surface area contributed by atoms with E-state index in [0.29, 0.717) is 18.0 Å². The van der Waals surface area contributed by atoms with Gasteiger partial charge in [-0.05, 0) is 31.6 Å². The van der Waals surface area contributed by atoms with Gasteiger partial charge in [0.15, 0.2) is 0 Å². The maximum atomic E-state index is 5.98. The van der Waals surface area contributed by atoms with Crippen LogP contribution in [0.5, 0.6) is 0 Å². The van der Waals surface area contributed by atoms with Gasteiger partial charge in [-0.2, -0.15) is 0 Å². The van der Waals surface area contributed by atoms with Crippen molar-refractivity contribution in [1.82, 2.24) is 10.2 Å². The van der Waals surface area contributed by atoms with Crippen LogP contribution in [0.25, 0.3) is 0 Å². The van der Waals surface area contributed by atoms with Crippen LogP contribution >= 0.6 is 11.3 Å². The van der Waals surface area contributed by atoms with E-state index >= 15 is 0 Å². The number of hydrogen-bond acceptors (Lipinski definition) is 5. The summed E-state index contributed by atoms with van der Waals surface area (Å²) in [6.45, 7) is 4.41. The van der Waals surface area contributed by atoms with Gasteiger partial charge in [-0.3, -0.25) is 0 Å². The fourth-order valence-corrected chi connectivity index (χ4v) is 3.31. The van der Waals surface area contributed by atoms with Crippen molar-refractivity contribution in [3.8, 4) is 0 Å². The van der Waals surface area contributed by atoms with Crippen LogP contribution in [0.1, 0.15) is 44.5 Å². The number of hydrogen-bond donors (Lipinski definition) is 2. The molecular formula is C12H22N4S. The van der Waals surface area contributed by atoms with Crippen LogP contribution in [-0.2, 0) is 6.42 Å². The van der Waals surface area contributed by atoms with E-state index in [1.807, 2.05) is 0 Å². The molecule has 0 aromatic carbocycles. The minimum atomic E-state index is 0.351. The van der Waals surface area contributed by atoms with Crippen molar-refractivity contribution in [2.24, 2.45) is 11.7 Å². The molecule has 1 saturated carbocycles. The zero-order chi connectivity index (χ0) is 12.3. The molecule has 1 aromatic heterocycles. The van der Waals surface area contributed by atoms with Gasteiger partial charge in [-0.25, -0.2) is 0 Å². The Morgan fingerprint density at radius 2 is 2.24 bits per heavy atom. The van der Waals surface area contributed by atoms with Crippen molar-refractivity contribution in [2.45, 2.75) is 58.0 Å². The second kappa shape index (κ2) is 5.78. The summed E-state index contributed by atoms with van der Waals surface area (Å²) in [5.74, 6) is 0.638. The summed E-state index contributed by atoms with van der Waals surface area (Å²) in [5, 5.41) is 14.0. The summed E-state index contributed by atoms with van der Waals surface area (Å²) in [5.41, 5.74) is 5.98. The molecule has 0 spiro atoms. The lowest BCUT2D eigenvalue weighted by Gasteiger charge is -2.26. The van der Waals surface area contributed by atoms with Gasteiger partial charge in [-0.15, -0.1) is 10.2 Å². The molecule has 0 saturated heterocycles.